The largest absolute Gasteiger partial charge is 0.494 e. The minimum Gasteiger partial charge on any atom is -0.494 e. The van der Waals surface area contributed by atoms with Crippen LogP contribution in [0, 0.1) is 11.3 Å². The summed E-state index contributed by atoms with van der Waals surface area (Å²) in [4.78, 5) is 0. The van der Waals surface area contributed by atoms with Crippen molar-refractivity contribution in [3.05, 3.63) is 29.8 Å². The average molecular weight is 293 g/mol. The molecule has 21 heavy (non-hydrogen) atoms. The van der Waals surface area contributed by atoms with Gasteiger partial charge in [0.1, 0.15) is 5.75 Å². The van der Waals surface area contributed by atoms with Crippen molar-refractivity contribution in [3.63, 3.8) is 0 Å². The number of hydrogen-bond donors (Lipinski definition) is 0. The van der Waals surface area contributed by atoms with Gasteiger partial charge in [-0.25, -0.2) is 0 Å². The SMILES string of the molecule is COCCOCCCOCCCOc1ccc(C#N)cc1. The summed E-state index contributed by atoms with van der Waals surface area (Å²) in [6, 6.07) is 9.17. The van der Waals surface area contributed by atoms with E-state index in [1.165, 1.54) is 0 Å². The zero-order chi connectivity index (χ0) is 15.2. The van der Waals surface area contributed by atoms with Gasteiger partial charge in [-0.3, -0.25) is 0 Å². The van der Waals surface area contributed by atoms with Crippen molar-refractivity contribution < 1.29 is 18.9 Å². The van der Waals surface area contributed by atoms with E-state index in [1.807, 2.05) is 0 Å². The number of ether oxygens (including phenoxy) is 4. The zero-order valence-corrected chi connectivity index (χ0v) is 12.5. The fourth-order valence-corrected chi connectivity index (χ4v) is 1.59. The van der Waals surface area contributed by atoms with Gasteiger partial charge in [0, 0.05) is 33.4 Å². The molecular weight excluding hydrogens is 270 g/mol. The summed E-state index contributed by atoms with van der Waals surface area (Å²) in [5.41, 5.74) is 0.637. The van der Waals surface area contributed by atoms with Gasteiger partial charge in [-0.05, 0) is 30.7 Å². The fourth-order valence-electron chi connectivity index (χ4n) is 1.59. The predicted octanol–water partition coefficient (Wildman–Crippen LogP) is 2.40. The lowest BCUT2D eigenvalue weighted by atomic mass is 10.2. The summed E-state index contributed by atoms with van der Waals surface area (Å²) >= 11 is 0. The van der Waals surface area contributed by atoms with Crippen LogP contribution in [0.2, 0.25) is 0 Å². The molecule has 1 aromatic carbocycles. The topological polar surface area (TPSA) is 60.7 Å². The van der Waals surface area contributed by atoms with Gasteiger partial charge in [0.25, 0.3) is 0 Å². The van der Waals surface area contributed by atoms with Gasteiger partial charge in [-0.15, -0.1) is 0 Å². The van der Waals surface area contributed by atoms with Gasteiger partial charge in [-0.1, -0.05) is 0 Å². The molecule has 5 nitrogen and oxygen atoms in total. The van der Waals surface area contributed by atoms with Gasteiger partial charge in [0.2, 0.25) is 0 Å². The van der Waals surface area contributed by atoms with Crippen LogP contribution in [0.3, 0.4) is 0 Å². The van der Waals surface area contributed by atoms with E-state index in [2.05, 4.69) is 6.07 Å². The maximum Gasteiger partial charge on any atom is 0.119 e. The Morgan fingerprint density at radius 1 is 0.857 bits per heavy atom. The number of nitrogens with zero attached hydrogens (tertiary/aromatic N) is 1. The highest BCUT2D eigenvalue weighted by Crippen LogP contribution is 2.11. The van der Waals surface area contributed by atoms with Gasteiger partial charge < -0.3 is 18.9 Å². The van der Waals surface area contributed by atoms with Crippen LogP contribution in [-0.4, -0.2) is 46.8 Å². The molecule has 0 saturated carbocycles. The van der Waals surface area contributed by atoms with E-state index in [0.717, 1.165) is 18.6 Å². The fraction of sp³-hybridized carbons (Fsp3) is 0.562. The third-order valence-corrected chi connectivity index (χ3v) is 2.69. The molecule has 1 rings (SSSR count). The molecule has 0 aliphatic heterocycles. The van der Waals surface area contributed by atoms with Crippen molar-refractivity contribution in [1.82, 2.24) is 0 Å². The van der Waals surface area contributed by atoms with Crippen LogP contribution in [0.15, 0.2) is 24.3 Å². The second-order valence-corrected chi connectivity index (χ2v) is 4.41. The standard InChI is InChI=1S/C16H23NO4/c1-18-12-13-20-9-2-8-19-10-3-11-21-16-6-4-15(14-17)5-7-16/h4-7H,2-3,8-13H2,1H3. The Hall–Kier alpha value is -1.61. The van der Waals surface area contributed by atoms with Crippen molar-refractivity contribution in [1.29, 1.82) is 5.26 Å². The highest BCUT2D eigenvalue weighted by atomic mass is 16.5. The molecule has 116 valence electrons. The Bertz CT molecular complexity index is 400. The molecule has 0 saturated heterocycles. The molecule has 1 aromatic rings. The van der Waals surface area contributed by atoms with E-state index in [-0.39, 0.29) is 0 Å². The Labute approximate surface area is 126 Å². The first-order valence-corrected chi connectivity index (χ1v) is 7.14. The summed E-state index contributed by atoms with van der Waals surface area (Å²) in [5.74, 6) is 0.778. The van der Waals surface area contributed by atoms with E-state index in [9.17, 15) is 0 Å². The van der Waals surface area contributed by atoms with Crippen LogP contribution in [-0.2, 0) is 14.2 Å². The maximum absolute atomic E-state index is 8.68. The zero-order valence-electron chi connectivity index (χ0n) is 12.5. The summed E-state index contributed by atoms with van der Waals surface area (Å²) in [6.45, 7) is 3.95. The minimum atomic E-state index is 0.607. The van der Waals surface area contributed by atoms with E-state index >= 15 is 0 Å². The Kier molecular flexibility index (Phi) is 10.1. The smallest absolute Gasteiger partial charge is 0.119 e. The van der Waals surface area contributed by atoms with Crippen molar-refractivity contribution in [2.75, 3.05) is 46.8 Å². The second kappa shape index (κ2) is 12.2. The number of methoxy groups -OCH3 is 1. The summed E-state index contributed by atoms with van der Waals surface area (Å²) in [6.07, 6.45) is 1.73. The van der Waals surface area contributed by atoms with Gasteiger partial charge in [0.15, 0.2) is 0 Å². The first-order valence-electron chi connectivity index (χ1n) is 7.14. The number of hydrogen-bond acceptors (Lipinski definition) is 5. The van der Waals surface area contributed by atoms with Crippen LogP contribution in [0.5, 0.6) is 5.75 Å². The van der Waals surface area contributed by atoms with E-state index < -0.39 is 0 Å². The third-order valence-electron chi connectivity index (χ3n) is 2.69. The molecule has 0 atom stereocenters. The summed E-state index contributed by atoms with van der Waals surface area (Å²) in [5, 5.41) is 8.68. The number of benzene rings is 1. The highest BCUT2D eigenvalue weighted by Gasteiger charge is 1.95. The molecule has 0 amide bonds. The summed E-state index contributed by atoms with van der Waals surface area (Å²) in [7, 11) is 1.66. The molecule has 0 bridgehead atoms. The maximum atomic E-state index is 8.68. The number of nitriles is 1. The van der Waals surface area contributed by atoms with Crippen LogP contribution in [0.1, 0.15) is 18.4 Å². The molecule has 0 fully saturated rings. The van der Waals surface area contributed by atoms with Gasteiger partial charge >= 0.3 is 0 Å². The average Bonchev–Trinajstić information content (AvgIpc) is 2.53. The quantitative estimate of drug-likeness (QED) is 0.554. The van der Waals surface area contributed by atoms with E-state index in [1.54, 1.807) is 31.4 Å². The molecule has 5 heteroatoms. The summed E-state index contributed by atoms with van der Waals surface area (Å²) < 4.78 is 21.2. The molecule has 0 unspecified atom stereocenters. The number of rotatable bonds is 12. The van der Waals surface area contributed by atoms with Crippen molar-refractivity contribution >= 4 is 0 Å². The Morgan fingerprint density at radius 2 is 1.48 bits per heavy atom. The van der Waals surface area contributed by atoms with Crippen LogP contribution >= 0.6 is 0 Å². The molecule has 0 aliphatic rings. The molecule has 0 aliphatic carbocycles. The normalized spacial score (nSPS) is 10.3. The second-order valence-electron chi connectivity index (χ2n) is 4.41. The van der Waals surface area contributed by atoms with Crippen molar-refractivity contribution in [2.24, 2.45) is 0 Å². The molecule has 0 aromatic heterocycles. The third kappa shape index (κ3) is 9.03. The Balaban J connectivity index is 1.89. The van der Waals surface area contributed by atoms with Gasteiger partial charge in [-0.2, -0.15) is 5.26 Å². The first-order chi connectivity index (χ1) is 10.4. The lowest BCUT2D eigenvalue weighted by Crippen LogP contribution is -2.07. The minimum absolute atomic E-state index is 0.607. The molecule has 0 spiro atoms. The van der Waals surface area contributed by atoms with Crippen LogP contribution in [0.25, 0.3) is 0 Å². The lowest BCUT2D eigenvalue weighted by Gasteiger charge is -2.07. The predicted molar refractivity (Wildman–Crippen MR) is 79.4 cm³/mol. The lowest BCUT2D eigenvalue weighted by molar-refractivity contribution is 0.0496. The van der Waals surface area contributed by atoms with E-state index in [0.29, 0.717) is 45.2 Å². The van der Waals surface area contributed by atoms with Gasteiger partial charge in [0.05, 0.1) is 31.5 Å². The first kappa shape index (κ1) is 17.4. The molecule has 0 heterocycles. The van der Waals surface area contributed by atoms with Crippen LogP contribution < -0.4 is 4.74 Å². The molecule has 0 radical (unpaired) electrons. The van der Waals surface area contributed by atoms with Crippen LogP contribution in [0.4, 0.5) is 0 Å². The molecular formula is C16H23NO4. The monoisotopic (exact) mass is 293 g/mol. The van der Waals surface area contributed by atoms with E-state index in [4.69, 9.17) is 24.2 Å². The van der Waals surface area contributed by atoms with Crippen molar-refractivity contribution in [3.8, 4) is 11.8 Å². The molecule has 0 N–H and O–H groups in total. The van der Waals surface area contributed by atoms with Crippen molar-refractivity contribution in [2.45, 2.75) is 12.8 Å². The highest BCUT2D eigenvalue weighted by molar-refractivity contribution is 5.34. The Morgan fingerprint density at radius 3 is 2.10 bits per heavy atom.